The molecular formula is C43H36Br2FNO6. The number of aromatic nitrogens is 1. The van der Waals surface area contributed by atoms with E-state index in [1.807, 2.05) is 104 Å². The predicted octanol–water partition coefficient (Wildman–Crippen LogP) is 11.2. The second-order valence-electron chi connectivity index (χ2n) is 12.1. The summed E-state index contributed by atoms with van der Waals surface area (Å²) >= 11 is 6.87. The minimum Gasteiger partial charge on any atom is -0.488 e. The summed E-state index contributed by atoms with van der Waals surface area (Å²) in [6.07, 6.45) is 0.455. The van der Waals surface area contributed by atoms with Gasteiger partial charge in [-0.2, -0.15) is 0 Å². The summed E-state index contributed by atoms with van der Waals surface area (Å²) < 4.78 is 30.0. The number of carbonyl (C=O) groups is 3. The van der Waals surface area contributed by atoms with Gasteiger partial charge in [-0.3, -0.25) is 4.79 Å². The summed E-state index contributed by atoms with van der Waals surface area (Å²) in [5, 5.41) is 9.35. The highest BCUT2D eigenvalue weighted by molar-refractivity contribution is 9.10. The van der Waals surface area contributed by atoms with Crippen molar-refractivity contribution < 1.29 is 33.4 Å². The molecule has 0 unspecified atom stereocenters. The van der Waals surface area contributed by atoms with Crippen LogP contribution in [0.1, 0.15) is 57.3 Å². The van der Waals surface area contributed by atoms with E-state index in [-0.39, 0.29) is 35.7 Å². The predicted molar refractivity (Wildman–Crippen MR) is 210 cm³/mol. The summed E-state index contributed by atoms with van der Waals surface area (Å²) in [5.41, 5.74) is 4.99. The Kier molecular flexibility index (Phi) is 13.5. The van der Waals surface area contributed by atoms with Gasteiger partial charge in [0.2, 0.25) is 0 Å². The number of halogens is 3. The van der Waals surface area contributed by atoms with Crippen LogP contribution in [0.15, 0.2) is 136 Å². The number of carboxylic acid groups (broad SMARTS) is 1. The van der Waals surface area contributed by atoms with Crippen molar-refractivity contribution in [1.82, 2.24) is 4.57 Å². The number of nitrogens with zero attached hydrogens (tertiary/aromatic N) is 1. The number of aryl methyl sites for hydroxylation is 1. The molecule has 5 aromatic carbocycles. The van der Waals surface area contributed by atoms with Crippen LogP contribution in [0.25, 0.3) is 16.9 Å². The van der Waals surface area contributed by atoms with Crippen molar-refractivity contribution in [3.05, 3.63) is 170 Å². The monoisotopic (exact) mass is 839 g/mol. The summed E-state index contributed by atoms with van der Waals surface area (Å²) in [6, 6.07) is 38.1. The molecule has 0 saturated carbocycles. The van der Waals surface area contributed by atoms with E-state index in [1.54, 1.807) is 16.7 Å². The molecule has 0 aliphatic heterocycles. The van der Waals surface area contributed by atoms with Crippen molar-refractivity contribution in [2.24, 2.45) is 0 Å². The zero-order valence-corrected chi connectivity index (χ0v) is 32.2. The molecule has 6 rings (SSSR count). The normalized spacial score (nSPS) is 10.6. The van der Waals surface area contributed by atoms with E-state index in [1.165, 1.54) is 25.1 Å². The van der Waals surface area contributed by atoms with Crippen LogP contribution in [-0.4, -0.2) is 27.2 Å². The van der Waals surface area contributed by atoms with E-state index in [0.29, 0.717) is 36.0 Å². The molecule has 6 aromatic rings. The minimum absolute atomic E-state index is 0.00935. The summed E-state index contributed by atoms with van der Waals surface area (Å²) in [7, 11) is 0. The second-order valence-corrected chi connectivity index (χ2v) is 14.0. The molecule has 10 heteroatoms. The van der Waals surface area contributed by atoms with E-state index < -0.39 is 11.8 Å². The number of hydrogen-bond donors (Lipinski definition) is 1. The van der Waals surface area contributed by atoms with Gasteiger partial charge in [-0.05, 0) is 91.7 Å². The van der Waals surface area contributed by atoms with Crippen molar-refractivity contribution in [1.29, 1.82) is 0 Å². The van der Waals surface area contributed by atoms with Gasteiger partial charge < -0.3 is 23.9 Å². The second kappa shape index (κ2) is 18.4. The lowest BCUT2D eigenvalue weighted by Gasteiger charge is -2.17. The number of rotatable bonds is 13. The topological polar surface area (TPSA) is 94.8 Å². The van der Waals surface area contributed by atoms with Crippen LogP contribution in [0.5, 0.6) is 11.5 Å². The molecule has 0 saturated heterocycles. The zero-order chi connectivity index (χ0) is 37.9. The highest BCUT2D eigenvalue weighted by atomic mass is 79.9. The summed E-state index contributed by atoms with van der Waals surface area (Å²) in [6.45, 7) is 4.12. The van der Waals surface area contributed by atoms with Crippen LogP contribution in [0.4, 0.5) is 4.39 Å². The van der Waals surface area contributed by atoms with Crippen LogP contribution >= 0.6 is 31.9 Å². The van der Waals surface area contributed by atoms with Gasteiger partial charge in [0.05, 0.1) is 22.5 Å². The molecule has 0 atom stereocenters. The number of carbonyl (C=O) groups excluding carboxylic acids is 2. The molecular weight excluding hydrogens is 805 g/mol. The van der Waals surface area contributed by atoms with Crippen molar-refractivity contribution in [2.45, 2.75) is 39.9 Å². The van der Waals surface area contributed by atoms with Crippen LogP contribution in [-0.2, 0) is 18.0 Å². The number of Topliss-reactive ketones (excluding diaryl/α,β-unsaturated/α-hetero) is 2. The van der Waals surface area contributed by atoms with Gasteiger partial charge in [0, 0.05) is 33.0 Å². The quantitative estimate of drug-likeness (QED) is 0.116. The SMILES string of the molecule is CC(=O)CCC(=O)c1cc(Br)ccc1OCc1ccccc1.Cc1ccc(-c2cc(Br)ccc2OCc2ccccc2)n1-c1cc(C(=O)O)ccc1F. The number of ether oxygens (including phenoxy) is 2. The zero-order valence-electron chi connectivity index (χ0n) is 29.0. The first-order valence-corrected chi connectivity index (χ1v) is 18.3. The Morgan fingerprint density at radius 2 is 1.28 bits per heavy atom. The van der Waals surface area contributed by atoms with Crippen LogP contribution in [0.3, 0.4) is 0 Å². The molecule has 1 heterocycles. The van der Waals surface area contributed by atoms with Gasteiger partial charge in [0.25, 0.3) is 0 Å². The lowest BCUT2D eigenvalue weighted by Crippen LogP contribution is -2.06. The Morgan fingerprint density at radius 1 is 0.698 bits per heavy atom. The fourth-order valence-electron chi connectivity index (χ4n) is 5.45. The maximum Gasteiger partial charge on any atom is 0.335 e. The number of benzene rings is 5. The Bertz CT molecular complexity index is 2220. The van der Waals surface area contributed by atoms with E-state index in [9.17, 15) is 23.9 Å². The molecule has 0 spiro atoms. The molecule has 7 nitrogen and oxygen atoms in total. The molecule has 1 aromatic heterocycles. The molecule has 0 aliphatic rings. The average Bonchev–Trinajstić information content (AvgIpc) is 3.54. The number of hydrogen-bond acceptors (Lipinski definition) is 5. The van der Waals surface area contributed by atoms with Crippen molar-refractivity contribution >= 4 is 49.4 Å². The maximum absolute atomic E-state index is 14.8. The number of aromatic carboxylic acids is 1. The third kappa shape index (κ3) is 10.6. The molecule has 0 bridgehead atoms. The third-order valence-electron chi connectivity index (χ3n) is 8.15. The van der Waals surface area contributed by atoms with Gasteiger partial charge in [0.1, 0.15) is 36.3 Å². The van der Waals surface area contributed by atoms with Gasteiger partial charge in [0.15, 0.2) is 5.78 Å². The third-order valence-corrected chi connectivity index (χ3v) is 9.13. The van der Waals surface area contributed by atoms with E-state index in [0.717, 1.165) is 31.3 Å². The average molecular weight is 842 g/mol. The summed E-state index contributed by atoms with van der Waals surface area (Å²) in [5.74, 6) is -0.509. The van der Waals surface area contributed by atoms with Crippen LogP contribution in [0, 0.1) is 12.7 Å². The molecule has 0 amide bonds. The lowest BCUT2D eigenvalue weighted by molar-refractivity contribution is -0.117. The molecule has 270 valence electrons. The van der Waals surface area contributed by atoms with Crippen LogP contribution < -0.4 is 9.47 Å². The van der Waals surface area contributed by atoms with Crippen molar-refractivity contribution in [3.63, 3.8) is 0 Å². The number of carboxylic acids is 1. The fraction of sp³-hybridized carbons (Fsp3) is 0.140. The Morgan fingerprint density at radius 3 is 1.89 bits per heavy atom. The number of ketones is 2. The lowest BCUT2D eigenvalue weighted by atomic mass is 10.0. The van der Waals surface area contributed by atoms with Crippen molar-refractivity contribution in [2.75, 3.05) is 0 Å². The first-order valence-electron chi connectivity index (χ1n) is 16.7. The van der Waals surface area contributed by atoms with Gasteiger partial charge in [-0.25, -0.2) is 9.18 Å². The fourth-order valence-corrected chi connectivity index (χ4v) is 6.18. The van der Waals surface area contributed by atoms with Crippen molar-refractivity contribution in [3.8, 4) is 28.4 Å². The molecule has 53 heavy (non-hydrogen) atoms. The first-order chi connectivity index (χ1) is 25.5. The first kappa shape index (κ1) is 38.9. The van der Waals surface area contributed by atoms with E-state index in [2.05, 4.69) is 31.9 Å². The standard InChI is InChI=1S/C25H19BrFNO3.C18H17BrO3/c1-16-7-11-22(28(16)23-13-18(25(29)30)8-10-21(23)27)20-14-19(26)9-12-24(20)31-15-17-5-3-2-4-6-17;1-13(20)7-9-17(21)16-11-15(19)8-10-18(16)22-12-14-5-3-2-4-6-14/h2-14H,15H2,1H3,(H,29,30);2-6,8,10-11H,7,9,12H2,1H3. The Balaban J connectivity index is 0.000000217. The highest BCUT2D eigenvalue weighted by Crippen LogP contribution is 2.37. The molecule has 0 aliphatic carbocycles. The van der Waals surface area contributed by atoms with Gasteiger partial charge in [-0.15, -0.1) is 0 Å². The highest BCUT2D eigenvalue weighted by Gasteiger charge is 2.19. The minimum atomic E-state index is -1.11. The van der Waals surface area contributed by atoms with Gasteiger partial charge in [-0.1, -0.05) is 92.5 Å². The maximum atomic E-state index is 14.8. The van der Waals surface area contributed by atoms with E-state index >= 15 is 0 Å². The molecule has 0 fully saturated rings. The Hall–Kier alpha value is -5.32. The molecule has 0 radical (unpaired) electrons. The van der Waals surface area contributed by atoms with Crippen LogP contribution in [0.2, 0.25) is 0 Å². The largest absolute Gasteiger partial charge is 0.488 e. The Labute approximate surface area is 324 Å². The smallest absolute Gasteiger partial charge is 0.335 e. The molecule has 1 N–H and O–H groups in total. The summed E-state index contributed by atoms with van der Waals surface area (Å²) in [4.78, 5) is 34.8. The van der Waals surface area contributed by atoms with E-state index in [4.69, 9.17) is 9.47 Å². The van der Waals surface area contributed by atoms with Gasteiger partial charge >= 0.3 is 5.97 Å².